The molecule has 0 aliphatic carbocycles. The van der Waals surface area contributed by atoms with Crippen molar-refractivity contribution in [2.75, 3.05) is 29.9 Å². The lowest BCUT2D eigenvalue weighted by Crippen LogP contribution is -2.35. The van der Waals surface area contributed by atoms with E-state index >= 15 is 0 Å². The molecule has 5 N–H and O–H groups in total. The number of carboxylic acids is 4. The van der Waals surface area contributed by atoms with E-state index in [1.165, 1.54) is 18.2 Å². The number of nitrogens with zero attached hydrogens (tertiary/aromatic N) is 1. The summed E-state index contributed by atoms with van der Waals surface area (Å²) in [5.74, 6) is -4.86. The van der Waals surface area contributed by atoms with Crippen LogP contribution in [0.3, 0.4) is 0 Å². The molecule has 0 atom stereocenters. The summed E-state index contributed by atoms with van der Waals surface area (Å²) in [5.41, 5.74) is 0.631. The van der Waals surface area contributed by atoms with Crippen molar-refractivity contribution in [3.8, 4) is 0 Å². The molecule has 130 valence electrons. The molecule has 10 nitrogen and oxygen atoms in total. The molecule has 0 saturated carbocycles. The number of hydrogen-bond acceptors (Lipinski definition) is 6. The van der Waals surface area contributed by atoms with Gasteiger partial charge in [-0.2, -0.15) is 0 Å². The van der Waals surface area contributed by atoms with Crippen LogP contribution in [0.2, 0.25) is 0 Å². The molecule has 1 rings (SSSR count). The van der Waals surface area contributed by atoms with Gasteiger partial charge in [0, 0.05) is 11.4 Å². The second-order valence-electron chi connectivity index (χ2n) is 4.80. The maximum Gasteiger partial charge on any atom is 0.323 e. The molecule has 0 saturated heterocycles. The first-order valence-corrected chi connectivity index (χ1v) is 6.68. The van der Waals surface area contributed by atoms with Crippen LogP contribution in [-0.2, 0) is 25.6 Å². The minimum Gasteiger partial charge on any atom is -0.481 e. The minimum absolute atomic E-state index is 0.142. The summed E-state index contributed by atoms with van der Waals surface area (Å²) >= 11 is 0. The highest BCUT2D eigenvalue weighted by Crippen LogP contribution is 2.25. The topological polar surface area (TPSA) is 164 Å². The summed E-state index contributed by atoms with van der Waals surface area (Å²) < 4.78 is 0. The van der Waals surface area contributed by atoms with Gasteiger partial charge in [0.25, 0.3) is 0 Å². The van der Waals surface area contributed by atoms with E-state index in [-0.39, 0.29) is 17.8 Å². The fourth-order valence-electron chi connectivity index (χ4n) is 2.04. The molecular weight excluding hydrogens is 324 g/mol. The highest BCUT2D eigenvalue weighted by molar-refractivity contribution is 5.83. The third kappa shape index (κ3) is 6.22. The van der Waals surface area contributed by atoms with E-state index in [1.54, 1.807) is 0 Å². The normalized spacial score (nSPS) is 10.0. The average Bonchev–Trinajstić information content (AvgIpc) is 2.43. The van der Waals surface area contributed by atoms with Crippen LogP contribution in [0.4, 0.5) is 11.4 Å². The first kappa shape index (κ1) is 18.7. The number of aliphatic carboxylic acids is 4. The Bertz CT molecular complexity index is 642. The minimum atomic E-state index is -1.27. The molecule has 0 spiro atoms. The van der Waals surface area contributed by atoms with Gasteiger partial charge in [-0.15, -0.1) is 0 Å². The van der Waals surface area contributed by atoms with Gasteiger partial charge >= 0.3 is 23.9 Å². The SMILES string of the molecule is O=C(O)CNc1ccc(N(CC(=O)O)CC(=O)O)c(CC(=O)O)c1. The molecule has 0 amide bonds. The Hall–Kier alpha value is -3.30. The Labute approximate surface area is 135 Å². The van der Waals surface area contributed by atoms with Gasteiger partial charge in [0.15, 0.2) is 0 Å². The fraction of sp³-hybridized carbons (Fsp3) is 0.286. The summed E-state index contributed by atoms with van der Waals surface area (Å²) in [6.07, 6.45) is -0.479. The predicted molar refractivity (Wildman–Crippen MR) is 81.4 cm³/mol. The summed E-state index contributed by atoms with van der Waals surface area (Å²) in [7, 11) is 0. The molecule has 0 aromatic heterocycles. The Balaban J connectivity index is 3.20. The van der Waals surface area contributed by atoms with Crippen LogP contribution in [-0.4, -0.2) is 63.9 Å². The maximum absolute atomic E-state index is 11.0. The van der Waals surface area contributed by atoms with Gasteiger partial charge in [0.2, 0.25) is 0 Å². The summed E-state index contributed by atoms with van der Waals surface area (Å²) in [6.45, 7) is -1.64. The molecule has 1 aromatic rings. The van der Waals surface area contributed by atoms with E-state index in [1.807, 2.05) is 0 Å². The third-order valence-electron chi connectivity index (χ3n) is 2.86. The molecule has 0 fully saturated rings. The van der Waals surface area contributed by atoms with E-state index in [0.717, 1.165) is 4.90 Å². The Morgan fingerprint density at radius 2 is 1.46 bits per heavy atom. The lowest BCUT2D eigenvalue weighted by Gasteiger charge is -2.24. The molecule has 1 aromatic carbocycles. The van der Waals surface area contributed by atoms with Crippen LogP contribution in [0.25, 0.3) is 0 Å². The Morgan fingerprint density at radius 1 is 0.875 bits per heavy atom. The zero-order valence-corrected chi connectivity index (χ0v) is 12.4. The Kier molecular flexibility index (Phi) is 6.53. The number of anilines is 2. The van der Waals surface area contributed by atoms with Crippen LogP contribution < -0.4 is 10.2 Å². The van der Waals surface area contributed by atoms with Crippen LogP contribution in [0.1, 0.15) is 5.56 Å². The van der Waals surface area contributed by atoms with Crippen LogP contribution in [0.5, 0.6) is 0 Å². The van der Waals surface area contributed by atoms with Gasteiger partial charge in [0.1, 0.15) is 19.6 Å². The second-order valence-corrected chi connectivity index (χ2v) is 4.80. The van der Waals surface area contributed by atoms with E-state index in [4.69, 9.17) is 20.4 Å². The van der Waals surface area contributed by atoms with E-state index < -0.39 is 43.4 Å². The van der Waals surface area contributed by atoms with Crippen molar-refractivity contribution in [3.63, 3.8) is 0 Å². The van der Waals surface area contributed by atoms with Crippen molar-refractivity contribution < 1.29 is 39.6 Å². The largest absolute Gasteiger partial charge is 0.481 e. The fourth-order valence-corrected chi connectivity index (χ4v) is 2.04. The number of hydrogen-bond donors (Lipinski definition) is 5. The van der Waals surface area contributed by atoms with E-state index in [9.17, 15) is 19.2 Å². The van der Waals surface area contributed by atoms with E-state index in [2.05, 4.69) is 5.32 Å². The number of nitrogens with one attached hydrogen (secondary N) is 1. The number of rotatable bonds is 10. The van der Waals surface area contributed by atoms with Crippen molar-refractivity contribution in [1.82, 2.24) is 0 Å². The molecule has 0 unspecified atom stereocenters. The highest BCUT2D eigenvalue weighted by atomic mass is 16.4. The summed E-state index contributed by atoms with van der Waals surface area (Å²) in [4.78, 5) is 44.4. The Morgan fingerprint density at radius 3 is 1.92 bits per heavy atom. The van der Waals surface area contributed by atoms with Crippen molar-refractivity contribution in [2.45, 2.75) is 6.42 Å². The lowest BCUT2D eigenvalue weighted by atomic mass is 10.1. The van der Waals surface area contributed by atoms with Crippen molar-refractivity contribution in [2.24, 2.45) is 0 Å². The smallest absolute Gasteiger partial charge is 0.323 e. The molecule has 0 heterocycles. The van der Waals surface area contributed by atoms with Gasteiger partial charge < -0.3 is 30.6 Å². The number of carboxylic acid groups (broad SMARTS) is 4. The molecule has 0 aliphatic rings. The molecular formula is C14H16N2O8. The number of carbonyl (C=O) groups is 4. The molecule has 24 heavy (non-hydrogen) atoms. The summed E-state index contributed by atoms with van der Waals surface area (Å²) in [5, 5.41) is 38.0. The van der Waals surface area contributed by atoms with Gasteiger partial charge in [-0.05, 0) is 23.8 Å². The van der Waals surface area contributed by atoms with Crippen molar-refractivity contribution in [3.05, 3.63) is 23.8 Å². The zero-order valence-electron chi connectivity index (χ0n) is 12.4. The van der Waals surface area contributed by atoms with Gasteiger partial charge in [-0.25, -0.2) is 0 Å². The first-order valence-electron chi connectivity index (χ1n) is 6.68. The maximum atomic E-state index is 11.0. The van der Waals surface area contributed by atoms with Crippen LogP contribution in [0.15, 0.2) is 18.2 Å². The number of benzene rings is 1. The van der Waals surface area contributed by atoms with Crippen LogP contribution >= 0.6 is 0 Å². The second kappa shape index (κ2) is 8.36. The first-order chi connectivity index (χ1) is 11.2. The predicted octanol–water partition coefficient (Wildman–Crippen LogP) is -0.214. The monoisotopic (exact) mass is 340 g/mol. The van der Waals surface area contributed by atoms with Gasteiger partial charge in [0.05, 0.1) is 6.42 Å². The standard InChI is InChI=1S/C14H16N2O8/c17-11(18)4-8-3-9(15-5-12(19)20)1-2-10(8)16(6-13(21)22)7-14(23)24/h1-3,15H,4-7H2,(H,17,18)(H,19,20)(H,21,22)(H,23,24). The lowest BCUT2D eigenvalue weighted by molar-refractivity contribution is -0.137. The molecule has 0 radical (unpaired) electrons. The summed E-state index contributed by atoms with van der Waals surface area (Å²) in [6, 6.07) is 4.12. The van der Waals surface area contributed by atoms with Crippen molar-refractivity contribution in [1.29, 1.82) is 0 Å². The highest BCUT2D eigenvalue weighted by Gasteiger charge is 2.19. The van der Waals surface area contributed by atoms with Crippen molar-refractivity contribution >= 4 is 35.3 Å². The van der Waals surface area contributed by atoms with E-state index in [0.29, 0.717) is 5.69 Å². The third-order valence-corrected chi connectivity index (χ3v) is 2.86. The zero-order chi connectivity index (χ0) is 18.3. The molecule has 0 bridgehead atoms. The molecule has 0 aliphatic heterocycles. The molecule has 10 heteroatoms. The van der Waals surface area contributed by atoms with Crippen LogP contribution in [0, 0.1) is 0 Å². The quantitative estimate of drug-likeness (QED) is 0.384. The van der Waals surface area contributed by atoms with Gasteiger partial charge in [-0.3, -0.25) is 19.2 Å². The van der Waals surface area contributed by atoms with Gasteiger partial charge in [-0.1, -0.05) is 0 Å². The average molecular weight is 340 g/mol.